The number of thiazole rings is 1. The van der Waals surface area contributed by atoms with E-state index >= 15 is 0 Å². The van der Waals surface area contributed by atoms with Gasteiger partial charge in [-0.15, -0.1) is 11.3 Å². The molecule has 0 atom stereocenters. The molecule has 1 aromatic heterocycles. The van der Waals surface area contributed by atoms with E-state index in [2.05, 4.69) is 10.3 Å². The molecule has 7 nitrogen and oxygen atoms in total. The quantitative estimate of drug-likeness (QED) is 0.603. The molecule has 3 aromatic rings. The lowest BCUT2D eigenvalue weighted by Gasteiger charge is -2.20. The molecule has 28 heavy (non-hydrogen) atoms. The van der Waals surface area contributed by atoms with Gasteiger partial charge in [-0.1, -0.05) is 6.07 Å². The third kappa shape index (κ3) is 4.12. The predicted octanol–water partition coefficient (Wildman–Crippen LogP) is 4.91. The topological polar surface area (TPSA) is 95.7 Å². The summed E-state index contributed by atoms with van der Waals surface area (Å²) in [5, 5.41) is 3.41. The van der Waals surface area contributed by atoms with Gasteiger partial charge in [0.2, 0.25) is 0 Å². The maximum atomic E-state index is 12.1. The Balaban J connectivity index is 1.99. The first-order valence-corrected chi connectivity index (χ1v) is 9.45. The Hall–Kier alpha value is -3.00. The smallest absolute Gasteiger partial charge is 0.412 e. The first-order chi connectivity index (χ1) is 13.2. The van der Waals surface area contributed by atoms with Crippen molar-refractivity contribution in [1.82, 2.24) is 4.98 Å². The molecule has 3 rings (SSSR count). The summed E-state index contributed by atoms with van der Waals surface area (Å²) in [6.07, 6.45) is -0.563. The maximum absolute atomic E-state index is 12.1. The van der Waals surface area contributed by atoms with Gasteiger partial charge in [-0.2, -0.15) is 0 Å². The second-order valence-electron chi connectivity index (χ2n) is 7.09. The van der Waals surface area contributed by atoms with Crippen molar-refractivity contribution in [3.63, 3.8) is 0 Å². The highest BCUT2D eigenvalue weighted by Gasteiger charge is 2.19. The molecule has 8 heteroatoms. The van der Waals surface area contributed by atoms with Gasteiger partial charge in [-0.3, -0.25) is 5.32 Å². The summed E-state index contributed by atoms with van der Waals surface area (Å²) >= 11 is 1.46. The van der Waals surface area contributed by atoms with Gasteiger partial charge in [0.25, 0.3) is 0 Å². The number of hydrogen-bond donors (Lipinski definition) is 2. The number of hydrogen-bond acceptors (Lipinski definition) is 7. The van der Waals surface area contributed by atoms with Crippen LogP contribution in [-0.4, -0.2) is 30.9 Å². The predicted molar refractivity (Wildman–Crippen MR) is 112 cm³/mol. The van der Waals surface area contributed by atoms with E-state index in [0.717, 1.165) is 15.8 Å². The molecule has 1 amide bonds. The van der Waals surface area contributed by atoms with Crippen LogP contribution < -0.4 is 20.5 Å². The van der Waals surface area contributed by atoms with Gasteiger partial charge in [0.15, 0.2) is 0 Å². The van der Waals surface area contributed by atoms with Crippen molar-refractivity contribution in [2.45, 2.75) is 26.4 Å². The standard InChI is InChI=1S/C20H23N3O4S/c1-20(2,3)27-19(24)23-13-8-6-7-12(16(13)21)18-22-14-9-11(25-4)10-15(26-5)17(14)28-18/h6-10H,21H2,1-5H3,(H,23,24). The largest absolute Gasteiger partial charge is 0.497 e. The van der Waals surface area contributed by atoms with Gasteiger partial charge in [0.1, 0.15) is 22.1 Å². The molecule has 0 unspecified atom stereocenters. The summed E-state index contributed by atoms with van der Waals surface area (Å²) in [5.41, 5.74) is 8.07. The molecule has 0 spiro atoms. The third-order valence-electron chi connectivity index (χ3n) is 3.86. The number of nitrogens with one attached hydrogen (secondary N) is 1. The number of carbonyl (C=O) groups excluding carboxylic acids is 1. The zero-order chi connectivity index (χ0) is 20.5. The van der Waals surface area contributed by atoms with Crippen molar-refractivity contribution in [1.29, 1.82) is 0 Å². The second-order valence-corrected chi connectivity index (χ2v) is 8.09. The molecule has 148 valence electrons. The molecule has 0 aliphatic heterocycles. The first-order valence-electron chi connectivity index (χ1n) is 8.63. The molecular formula is C20H23N3O4S. The van der Waals surface area contributed by atoms with Gasteiger partial charge in [-0.25, -0.2) is 9.78 Å². The second kappa shape index (κ2) is 7.55. The Morgan fingerprint density at radius 2 is 1.93 bits per heavy atom. The van der Waals surface area contributed by atoms with E-state index in [0.29, 0.717) is 27.9 Å². The van der Waals surface area contributed by atoms with E-state index in [1.165, 1.54) is 11.3 Å². The van der Waals surface area contributed by atoms with Crippen LogP contribution in [0.1, 0.15) is 20.8 Å². The zero-order valence-electron chi connectivity index (χ0n) is 16.5. The number of para-hydroxylation sites is 1. The molecule has 3 N–H and O–H groups in total. The van der Waals surface area contributed by atoms with Crippen molar-refractivity contribution >= 4 is 39.0 Å². The summed E-state index contributed by atoms with van der Waals surface area (Å²) in [7, 11) is 3.20. The number of benzene rings is 2. The van der Waals surface area contributed by atoms with Crippen molar-refractivity contribution in [2.24, 2.45) is 0 Å². The molecule has 2 aromatic carbocycles. The third-order valence-corrected chi connectivity index (χ3v) is 4.98. The minimum atomic E-state index is -0.598. The van der Waals surface area contributed by atoms with Crippen molar-refractivity contribution in [2.75, 3.05) is 25.3 Å². The minimum Gasteiger partial charge on any atom is -0.497 e. The number of aromatic nitrogens is 1. The summed E-state index contributed by atoms with van der Waals surface area (Å²) in [5.74, 6) is 1.34. The maximum Gasteiger partial charge on any atom is 0.412 e. The monoisotopic (exact) mass is 401 g/mol. The van der Waals surface area contributed by atoms with Crippen LogP contribution in [0.3, 0.4) is 0 Å². The number of nitrogens with zero attached hydrogens (tertiary/aromatic N) is 1. The lowest BCUT2D eigenvalue weighted by molar-refractivity contribution is 0.0636. The molecule has 0 fully saturated rings. The zero-order valence-corrected chi connectivity index (χ0v) is 17.3. The number of carbonyl (C=O) groups is 1. The average Bonchev–Trinajstić information content (AvgIpc) is 3.04. The number of ether oxygens (including phenoxy) is 3. The summed E-state index contributed by atoms with van der Waals surface area (Å²) < 4.78 is 17.0. The lowest BCUT2D eigenvalue weighted by atomic mass is 10.1. The molecule has 1 heterocycles. The Labute approximate surface area is 167 Å². The van der Waals surface area contributed by atoms with E-state index in [4.69, 9.17) is 19.9 Å². The van der Waals surface area contributed by atoms with Gasteiger partial charge in [0.05, 0.1) is 35.8 Å². The van der Waals surface area contributed by atoms with Crippen LogP contribution in [0.15, 0.2) is 30.3 Å². The van der Waals surface area contributed by atoms with Gasteiger partial charge < -0.3 is 19.9 Å². The van der Waals surface area contributed by atoms with Crippen LogP contribution >= 0.6 is 11.3 Å². The van der Waals surface area contributed by atoms with Crippen molar-refractivity contribution < 1.29 is 19.0 Å². The molecule has 0 radical (unpaired) electrons. The number of fused-ring (bicyclic) bond motifs is 1. The number of rotatable bonds is 4. The first kappa shape index (κ1) is 19.8. The lowest BCUT2D eigenvalue weighted by Crippen LogP contribution is -2.27. The molecule has 0 saturated carbocycles. The van der Waals surface area contributed by atoms with Crippen molar-refractivity contribution in [3.05, 3.63) is 30.3 Å². The SMILES string of the molecule is COc1cc(OC)c2sc(-c3cccc(NC(=O)OC(C)(C)C)c3N)nc2c1. The minimum absolute atomic E-state index is 0.415. The van der Waals surface area contributed by atoms with Gasteiger partial charge in [0, 0.05) is 17.7 Å². The Morgan fingerprint density at radius 1 is 1.18 bits per heavy atom. The molecular weight excluding hydrogens is 378 g/mol. The fraction of sp³-hybridized carbons (Fsp3) is 0.300. The van der Waals surface area contributed by atoms with E-state index in [9.17, 15) is 4.79 Å². The molecule has 0 bridgehead atoms. The van der Waals surface area contributed by atoms with E-state index < -0.39 is 11.7 Å². The highest BCUT2D eigenvalue weighted by Crippen LogP contribution is 2.41. The van der Waals surface area contributed by atoms with Crippen LogP contribution in [0, 0.1) is 0 Å². The number of nitrogens with two attached hydrogens (primary N) is 1. The van der Waals surface area contributed by atoms with Crippen LogP contribution in [0.25, 0.3) is 20.8 Å². The van der Waals surface area contributed by atoms with Crippen LogP contribution in [0.2, 0.25) is 0 Å². The highest BCUT2D eigenvalue weighted by molar-refractivity contribution is 7.22. The van der Waals surface area contributed by atoms with Crippen LogP contribution in [0.4, 0.5) is 16.2 Å². The van der Waals surface area contributed by atoms with Crippen LogP contribution in [-0.2, 0) is 4.74 Å². The van der Waals surface area contributed by atoms with Gasteiger partial charge in [-0.05, 0) is 32.9 Å². The molecule has 0 saturated heterocycles. The number of methoxy groups -OCH3 is 2. The fourth-order valence-corrected chi connectivity index (χ4v) is 3.71. The summed E-state index contributed by atoms with van der Waals surface area (Å²) in [4.78, 5) is 16.8. The number of anilines is 2. The van der Waals surface area contributed by atoms with E-state index in [-0.39, 0.29) is 0 Å². The van der Waals surface area contributed by atoms with Crippen molar-refractivity contribution in [3.8, 4) is 22.1 Å². The number of amides is 1. The fourth-order valence-electron chi connectivity index (χ4n) is 2.64. The Bertz CT molecular complexity index is 1020. The van der Waals surface area contributed by atoms with Crippen LogP contribution in [0.5, 0.6) is 11.5 Å². The molecule has 0 aliphatic carbocycles. The number of nitrogen functional groups attached to an aromatic ring is 1. The van der Waals surface area contributed by atoms with E-state index in [1.807, 2.05) is 24.3 Å². The average molecular weight is 401 g/mol. The Morgan fingerprint density at radius 3 is 2.57 bits per heavy atom. The highest BCUT2D eigenvalue weighted by atomic mass is 32.1. The molecule has 0 aliphatic rings. The Kier molecular flexibility index (Phi) is 5.33. The van der Waals surface area contributed by atoms with E-state index in [1.54, 1.807) is 41.1 Å². The summed E-state index contributed by atoms with van der Waals surface area (Å²) in [6.45, 7) is 5.40. The van der Waals surface area contributed by atoms with Gasteiger partial charge >= 0.3 is 6.09 Å². The normalized spacial score (nSPS) is 11.3. The summed E-state index contributed by atoms with van der Waals surface area (Å²) in [6, 6.07) is 9.05.